The third kappa shape index (κ3) is 5.25. The lowest BCUT2D eigenvalue weighted by atomic mass is 10.2. The van der Waals surface area contributed by atoms with Gasteiger partial charge in [0.15, 0.2) is 11.0 Å². The van der Waals surface area contributed by atoms with E-state index in [-0.39, 0.29) is 11.7 Å². The molecule has 3 aromatic carbocycles. The summed E-state index contributed by atoms with van der Waals surface area (Å²) in [7, 11) is 1.85. The van der Waals surface area contributed by atoms with Gasteiger partial charge in [-0.1, -0.05) is 53.7 Å². The molecule has 8 heteroatoms. The summed E-state index contributed by atoms with van der Waals surface area (Å²) < 4.78 is 7.59. The highest BCUT2D eigenvalue weighted by atomic mass is 35.5. The molecule has 0 bridgehead atoms. The summed E-state index contributed by atoms with van der Waals surface area (Å²) in [5.74, 6) is 2.18. The first kappa shape index (κ1) is 21.0. The van der Waals surface area contributed by atoms with Crippen LogP contribution in [-0.2, 0) is 11.8 Å². The van der Waals surface area contributed by atoms with Gasteiger partial charge in [0, 0.05) is 18.3 Å². The van der Waals surface area contributed by atoms with E-state index in [0.717, 1.165) is 11.3 Å². The Morgan fingerprint density at radius 3 is 2.39 bits per heavy atom. The Hall–Kier alpha value is -3.29. The van der Waals surface area contributed by atoms with Crippen LogP contribution in [0.5, 0.6) is 11.5 Å². The lowest BCUT2D eigenvalue weighted by molar-refractivity contribution is -0.113. The van der Waals surface area contributed by atoms with Gasteiger partial charge in [0.25, 0.3) is 0 Å². The van der Waals surface area contributed by atoms with Gasteiger partial charge < -0.3 is 14.6 Å². The van der Waals surface area contributed by atoms with Crippen molar-refractivity contribution < 1.29 is 9.53 Å². The third-order valence-corrected chi connectivity index (χ3v) is 5.75. The molecule has 0 atom stereocenters. The maximum absolute atomic E-state index is 12.4. The van der Waals surface area contributed by atoms with Gasteiger partial charge in [-0.15, -0.1) is 10.2 Å². The summed E-state index contributed by atoms with van der Waals surface area (Å²) in [4.78, 5) is 12.4. The SMILES string of the molecule is Cn1c(SCC(=O)Nc2ccc(Oc3ccccc3)cc2)nnc1-c1ccccc1Cl. The maximum atomic E-state index is 12.4. The summed E-state index contributed by atoms with van der Waals surface area (Å²) in [5.41, 5.74) is 1.49. The number of carbonyl (C=O) groups excluding carboxylic acids is 1. The molecule has 0 saturated heterocycles. The highest BCUT2D eigenvalue weighted by Crippen LogP contribution is 2.28. The number of anilines is 1. The fraction of sp³-hybridized carbons (Fsp3) is 0.0870. The zero-order chi connectivity index (χ0) is 21.6. The molecule has 0 saturated carbocycles. The van der Waals surface area contributed by atoms with E-state index < -0.39 is 0 Å². The van der Waals surface area contributed by atoms with Gasteiger partial charge in [-0.2, -0.15) is 0 Å². The highest BCUT2D eigenvalue weighted by Gasteiger charge is 2.15. The van der Waals surface area contributed by atoms with Crippen molar-refractivity contribution in [2.24, 2.45) is 7.05 Å². The molecule has 1 amide bonds. The standard InChI is InChI=1S/C23H19ClN4O2S/c1-28-22(19-9-5-6-10-20(19)24)26-27-23(28)31-15-21(29)25-16-11-13-18(14-12-16)30-17-7-3-2-4-8-17/h2-14H,15H2,1H3,(H,25,29). The lowest BCUT2D eigenvalue weighted by Gasteiger charge is -2.08. The Bertz CT molecular complexity index is 1180. The highest BCUT2D eigenvalue weighted by molar-refractivity contribution is 7.99. The topological polar surface area (TPSA) is 69.0 Å². The molecule has 0 aliphatic carbocycles. The van der Waals surface area contributed by atoms with Gasteiger partial charge in [-0.05, 0) is 48.5 Å². The van der Waals surface area contributed by atoms with E-state index in [1.165, 1.54) is 11.8 Å². The van der Waals surface area contributed by atoms with Gasteiger partial charge in [-0.25, -0.2) is 0 Å². The van der Waals surface area contributed by atoms with Crippen LogP contribution in [0.15, 0.2) is 84.0 Å². The number of carbonyl (C=O) groups is 1. The molecule has 4 aromatic rings. The molecular weight excluding hydrogens is 432 g/mol. The third-order valence-electron chi connectivity index (χ3n) is 4.40. The van der Waals surface area contributed by atoms with Crippen molar-refractivity contribution in [2.45, 2.75) is 5.16 Å². The number of benzene rings is 3. The zero-order valence-corrected chi connectivity index (χ0v) is 18.2. The van der Waals surface area contributed by atoms with Crippen LogP contribution in [-0.4, -0.2) is 26.4 Å². The molecule has 0 aliphatic heterocycles. The number of hydrogen-bond acceptors (Lipinski definition) is 5. The van der Waals surface area contributed by atoms with E-state index in [9.17, 15) is 4.79 Å². The number of amides is 1. The van der Waals surface area contributed by atoms with Crippen molar-refractivity contribution in [3.63, 3.8) is 0 Å². The fourth-order valence-corrected chi connectivity index (χ4v) is 3.81. The molecule has 1 N–H and O–H groups in total. The molecule has 0 radical (unpaired) electrons. The van der Waals surface area contributed by atoms with E-state index in [1.807, 2.05) is 78.3 Å². The molecule has 0 fully saturated rings. The van der Waals surface area contributed by atoms with E-state index in [0.29, 0.717) is 27.4 Å². The van der Waals surface area contributed by atoms with Gasteiger partial charge in [0.2, 0.25) is 5.91 Å². The monoisotopic (exact) mass is 450 g/mol. The first-order chi connectivity index (χ1) is 15.1. The molecule has 31 heavy (non-hydrogen) atoms. The molecular formula is C23H19ClN4O2S. The predicted octanol–water partition coefficient (Wildman–Crippen LogP) is 5.66. The number of nitrogens with zero attached hydrogens (tertiary/aromatic N) is 3. The van der Waals surface area contributed by atoms with E-state index in [4.69, 9.17) is 16.3 Å². The van der Waals surface area contributed by atoms with Crippen molar-refractivity contribution in [3.8, 4) is 22.9 Å². The number of thioether (sulfide) groups is 1. The van der Waals surface area contributed by atoms with Crippen molar-refractivity contribution in [1.82, 2.24) is 14.8 Å². The van der Waals surface area contributed by atoms with Crippen LogP contribution in [0.4, 0.5) is 5.69 Å². The van der Waals surface area contributed by atoms with Crippen molar-refractivity contribution >= 4 is 35.0 Å². The Morgan fingerprint density at radius 1 is 0.968 bits per heavy atom. The van der Waals surface area contributed by atoms with Gasteiger partial charge in [0.05, 0.1) is 10.8 Å². The van der Waals surface area contributed by atoms with Gasteiger partial charge >= 0.3 is 0 Å². The zero-order valence-electron chi connectivity index (χ0n) is 16.7. The van der Waals surface area contributed by atoms with Crippen LogP contribution < -0.4 is 10.1 Å². The molecule has 0 unspecified atom stereocenters. The second kappa shape index (κ2) is 9.68. The van der Waals surface area contributed by atoms with Crippen LogP contribution in [0, 0.1) is 0 Å². The molecule has 1 heterocycles. The largest absolute Gasteiger partial charge is 0.457 e. The van der Waals surface area contributed by atoms with E-state index in [2.05, 4.69) is 15.5 Å². The normalized spacial score (nSPS) is 10.6. The van der Waals surface area contributed by atoms with Gasteiger partial charge in [0.1, 0.15) is 11.5 Å². The van der Waals surface area contributed by atoms with Crippen molar-refractivity contribution in [1.29, 1.82) is 0 Å². The summed E-state index contributed by atoms with van der Waals surface area (Å²) in [6.07, 6.45) is 0. The maximum Gasteiger partial charge on any atom is 0.234 e. The van der Waals surface area contributed by atoms with E-state index in [1.54, 1.807) is 12.1 Å². The quantitative estimate of drug-likeness (QED) is 0.368. The number of para-hydroxylation sites is 1. The first-order valence-corrected chi connectivity index (χ1v) is 10.9. The Morgan fingerprint density at radius 2 is 1.65 bits per heavy atom. The number of rotatable bonds is 7. The van der Waals surface area contributed by atoms with Crippen LogP contribution in [0.25, 0.3) is 11.4 Å². The smallest absolute Gasteiger partial charge is 0.234 e. The Balaban J connectivity index is 1.33. The van der Waals surface area contributed by atoms with Crippen molar-refractivity contribution in [2.75, 3.05) is 11.1 Å². The molecule has 4 rings (SSSR count). The first-order valence-electron chi connectivity index (χ1n) is 9.50. The molecule has 1 aromatic heterocycles. The second-order valence-corrected chi connectivity index (χ2v) is 7.97. The van der Waals surface area contributed by atoms with Crippen molar-refractivity contribution in [3.05, 3.63) is 83.9 Å². The van der Waals surface area contributed by atoms with Crippen LogP contribution >= 0.6 is 23.4 Å². The Labute approximate surface area is 189 Å². The molecule has 0 aliphatic rings. The second-order valence-electron chi connectivity index (χ2n) is 6.62. The Kier molecular flexibility index (Phi) is 6.54. The summed E-state index contributed by atoms with van der Waals surface area (Å²) in [6, 6.07) is 24.2. The summed E-state index contributed by atoms with van der Waals surface area (Å²) in [5, 5.41) is 12.5. The van der Waals surface area contributed by atoms with E-state index >= 15 is 0 Å². The number of halogens is 1. The van der Waals surface area contributed by atoms with Crippen LogP contribution in [0.2, 0.25) is 5.02 Å². The predicted molar refractivity (Wildman–Crippen MR) is 124 cm³/mol. The minimum absolute atomic E-state index is 0.135. The fourth-order valence-electron chi connectivity index (χ4n) is 2.88. The number of hydrogen-bond donors (Lipinski definition) is 1. The number of nitrogens with one attached hydrogen (secondary N) is 1. The molecule has 156 valence electrons. The minimum Gasteiger partial charge on any atom is -0.457 e. The average Bonchev–Trinajstić information content (AvgIpc) is 3.15. The van der Waals surface area contributed by atoms with Crippen LogP contribution in [0.3, 0.4) is 0 Å². The minimum atomic E-state index is -0.135. The lowest BCUT2D eigenvalue weighted by Crippen LogP contribution is -2.14. The molecule has 6 nitrogen and oxygen atoms in total. The summed E-state index contributed by atoms with van der Waals surface area (Å²) >= 11 is 7.56. The average molecular weight is 451 g/mol. The molecule has 0 spiro atoms. The van der Waals surface area contributed by atoms with Gasteiger partial charge in [-0.3, -0.25) is 4.79 Å². The number of ether oxygens (including phenoxy) is 1. The number of aromatic nitrogens is 3. The summed E-state index contributed by atoms with van der Waals surface area (Å²) in [6.45, 7) is 0. The van der Waals surface area contributed by atoms with Crippen LogP contribution in [0.1, 0.15) is 0 Å².